The minimum atomic E-state index is 0.457. The Bertz CT molecular complexity index is 123. The molecule has 0 aliphatic rings. The van der Waals surface area contributed by atoms with Crippen LogP contribution in [0.2, 0.25) is 0 Å². The second kappa shape index (κ2) is 6.05. The van der Waals surface area contributed by atoms with Crippen molar-refractivity contribution in [2.45, 2.75) is 46.0 Å². The Morgan fingerprint density at radius 3 is 1.83 bits per heavy atom. The number of allylic oxidation sites excluding steroid dienone is 2. The summed E-state index contributed by atoms with van der Waals surface area (Å²) in [6.45, 7) is 12.2. The van der Waals surface area contributed by atoms with Gasteiger partial charge in [-0.3, -0.25) is 0 Å². The van der Waals surface area contributed by atoms with Crippen molar-refractivity contribution >= 4 is 0 Å². The van der Waals surface area contributed by atoms with Crippen LogP contribution in [0.4, 0.5) is 0 Å². The van der Waals surface area contributed by atoms with Crippen molar-refractivity contribution in [2.75, 3.05) is 0 Å². The van der Waals surface area contributed by atoms with Crippen LogP contribution >= 0.6 is 0 Å². The van der Waals surface area contributed by atoms with E-state index in [0.29, 0.717) is 5.41 Å². The van der Waals surface area contributed by atoms with Crippen molar-refractivity contribution in [1.82, 2.24) is 0 Å². The number of hydrogen-bond acceptors (Lipinski definition) is 0. The molecule has 0 aromatic carbocycles. The Hall–Kier alpha value is -0.520. The lowest BCUT2D eigenvalue weighted by Gasteiger charge is -2.30. The molecule has 0 aromatic heterocycles. The SMILES string of the molecule is C=CCC(CC)(CC=C)CCC. The first-order valence-corrected chi connectivity index (χ1v) is 4.96. The zero-order chi connectivity index (χ0) is 9.45. The number of rotatable bonds is 7. The van der Waals surface area contributed by atoms with Gasteiger partial charge in [0.15, 0.2) is 0 Å². The maximum absolute atomic E-state index is 3.82. The summed E-state index contributed by atoms with van der Waals surface area (Å²) in [5.41, 5.74) is 0.457. The Morgan fingerprint density at radius 1 is 1.08 bits per heavy atom. The van der Waals surface area contributed by atoms with Gasteiger partial charge in [0.25, 0.3) is 0 Å². The van der Waals surface area contributed by atoms with E-state index in [9.17, 15) is 0 Å². The summed E-state index contributed by atoms with van der Waals surface area (Å²) in [7, 11) is 0. The normalized spacial score (nSPS) is 11.2. The largest absolute Gasteiger partial charge is 0.103 e. The maximum Gasteiger partial charge on any atom is -0.0231 e. The first-order valence-electron chi connectivity index (χ1n) is 4.96. The van der Waals surface area contributed by atoms with Crippen LogP contribution in [0.5, 0.6) is 0 Å². The molecule has 70 valence electrons. The van der Waals surface area contributed by atoms with Crippen molar-refractivity contribution in [2.24, 2.45) is 5.41 Å². The lowest BCUT2D eigenvalue weighted by molar-refractivity contribution is 0.254. The van der Waals surface area contributed by atoms with Crippen molar-refractivity contribution in [3.05, 3.63) is 25.3 Å². The molecule has 0 atom stereocenters. The van der Waals surface area contributed by atoms with Crippen LogP contribution < -0.4 is 0 Å². The molecule has 0 aliphatic carbocycles. The Balaban J connectivity index is 4.25. The highest BCUT2D eigenvalue weighted by Crippen LogP contribution is 2.36. The van der Waals surface area contributed by atoms with Gasteiger partial charge in [0.05, 0.1) is 0 Å². The van der Waals surface area contributed by atoms with Crippen LogP contribution in [0, 0.1) is 5.41 Å². The van der Waals surface area contributed by atoms with Crippen LogP contribution in [-0.4, -0.2) is 0 Å². The molecule has 0 N–H and O–H groups in total. The van der Waals surface area contributed by atoms with Crippen LogP contribution in [0.3, 0.4) is 0 Å². The van der Waals surface area contributed by atoms with Gasteiger partial charge in [0.2, 0.25) is 0 Å². The highest BCUT2D eigenvalue weighted by molar-refractivity contribution is 4.90. The highest BCUT2D eigenvalue weighted by Gasteiger charge is 2.23. The molecule has 0 rings (SSSR count). The molecule has 0 saturated carbocycles. The summed E-state index contributed by atoms with van der Waals surface area (Å²) in [5, 5.41) is 0. The van der Waals surface area contributed by atoms with Crippen LogP contribution in [0.25, 0.3) is 0 Å². The Labute approximate surface area is 77.4 Å². The highest BCUT2D eigenvalue weighted by atomic mass is 14.3. The van der Waals surface area contributed by atoms with Gasteiger partial charge in [-0.25, -0.2) is 0 Å². The van der Waals surface area contributed by atoms with Gasteiger partial charge in [0, 0.05) is 0 Å². The summed E-state index contributed by atoms with van der Waals surface area (Å²) < 4.78 is 0. The summed E-state index contributed by atoms with van der Waals surface area (Å²) in [4.78, 5) is 0. The molecule has 0 amide bonds. The van der Waals surface area contributed by atoms with Crippen LogP contribution in [0.1, 0.15) is 46.0 Å². The molecule has 0 unspecified atom stereocenters. The zero-order valence-electron chi connectivity index (χ0n) is 8.60. The topological polar surface area (TPSA) is 0 Å². The van der Waals surface area contributed by atoms with Crippen LogP contribution in [-0.2, 0) is 0 Å². The molecule has 0 heterocycles. The Morgan fingerprint density at radius 2 is 1.58 bits per heavy atom. The molecule has 0 bridgehead atoms. The van der Waals surface area contributed by atoms with Crippen molar-refractivity contribution in [3.8, 4) is 0 Å². The Kier molecular flexibility index (Phi) is 5.79. The molecule has 0 nitrogen and oxygen atoms in total. The molecule has 0 spiro atoms. The monoisotopic (exact) mass is 166 g/mol. The van der Waals surface area contributed by atoms with Crippen molar-refractivity contribution in [1.29, 1.82) is 0 Å². The van der Waals surface area contributed by atoms with Crippen molar-refractivity contribution in [3.63, 3.8) is 0 Å². The molecule has 0 aromatic rings. The van der Waals surface area contributed by atoms with Gasteiger partial charge in [-0.1, -0.05) is 32.4 Å². The smallest absolute Gasteiger partial charge is 0.0231 e. The predicted molar refractivity (Wildman–Crippen MR) is 57.3 cm³/mol. The third-order valence-electron chi connectivity index (χ3n) is 2.69. The minimum absolute atomic E-state index is 0.457. The second-order valence-electron chi connectivity index (χ2n) is 3.59. The zero-order valence-corrected chi connectivity index (χ0v) is 8.60. The van der Waals surface area contributed by atoms with E-state index in [4.69, 9.17) is 0 Å². The first-order chi connectivity index (χ1) is 5.74. The fourth-order valence-electron chi connectivity index (χ4n) is 1.90. The molecule has 12 heavy (non-hydrogen) atoms. The molecule has 0 aliphatic heterocycles. The third-order valence-corrected chi connectivity index (χ3v) is 2.69. The van der Waals surface area contributed by atoms with E-state index < -0.39 is 0 Å². The van der Waals surface area contributed by atoms with Gasteiger partial charge in [0.1, 0.15) is 0 Å². The van der Waals surface area contributed by atoms with E-state index in [2.05, 4.69) is 27.0 Å². The lowest BCUT2D eigenvalue weighted by atomic mass is 9.75. The second-order valence-corrected chi connectivity index (χ2v) is 3.59. The quantitative estimate of drug-likeness (QED) is 0.494. The van der Waals surface area contributed by atoms with Gasteiger partial charge in [-0.2, -0.15) is 0 Å². The van der Waals surface area contributed by atoms with Crippen molar-refractivity contribution < 1.29 is 0 Å². The van der Waals surface area contributed by atoms with Gasteiger partial charge < -0.3 is 0 Å². The molecule has 0 fully saturated rings. The first kappa shape index (κ1) is 11.5. The van der Waals surface area contributed by atoms with E-state index in [1.807, 2.05) is 12.2 Å². The summed E-state index contributed by atoms with van der Waals surface area (Å²) in [6, 6.07) is 0. The lowest BCUT2D eigenvalue weighted by Crippen LogP contribution is -2.17. The fourth-order valence-corrected chi connectivity index (χ4v) is 1.90. The van der Waals surface area contributed by atoms with Gasteiger partial charge in [-0.15, -0.1) is 13.2 Å². The summed E-state index contributed by atoms with van der Waals surface area (Å²) in [6.07, 6.45) is 10.1. The number of hydrogen-bond donors (Lipinski definition) is 0. The van der Waals surface area contributed by atoms with Gasteiger partial charge >= 0.3 is 0 Å². The van der Waals surface area contributed by atoms with E-state index >= 15 is 0 Å². The molecule has 0 radical (unpaired) electrons. The average molecular weight is 166 g/mol. The fraction of sp³-hybridized carbons (Fsp3) is 0.667. The standard InChI is InChI=1S/C12H22/c1-5-9-12(8-4,10-6-2)11-7-3/h5-6H,1-2,7-11H2,3-4H3. The van der Waals surface area contributed by atoms with E-state index in [1.165, 1.54) is 19.3 Å². The summed E-state index contributed by atoms with van der Waals surface area (Å²) in [5.74, 6) is 0. The van der Waals surface area contributed by atoms with Gasteiger partial charge in [-0.05, 0) is 31.1 Å². The third kappa shape index (κ3) is 3.25. The predicted octanol–water partition coefficient (Wildman–Crippen LogP) is 4.34. The van der Waals surface area contributed by atoms with E-state index in [0.717, 1.165) is 12.8 Å². The summed E-state index contributed by atoms with van der Waals surface area (Å²) >= 11 is 0. The van der Waals surface area contributed by atoms with E-state index in [1.54, 1.807) is 0 Å². The minimum Gasteiger partial charge on any atom is -0.103 e. The molecule has 0 saturated heterocycles. The van der Waals surface area contributed by atoms with E-state index in [-0.39, 0.29) is 0 Å². The molecular weight excluding hydrogens is 144 g/mol. The molecular formula is C12H22. The maximum atomic E-state index is 3.82. The average Bonchev–Trinajstić information content (AvgIpc) is 2.06. The molecule has 0 heteroatoms. The van der Waals surface area contributed by atoms with Crippen LogP contribution in [0.15, 0.2) is 25.3 Å².